The zero-order chi connectivity index (χ0) is 15.4. The smallest absolute Gasteiger partial charge is 0.310 e. The molecule has 5 nitrogen and oxygen atoms in total. The van der Waals surface area contributed by atoms with Crippen LogP contribution in [0.2, 0.25) is 0 Å². The van der Waals surface area contributed by atoms with E-state index < -0.39 is 0 Å². The van der Waals surface area contributed by atoms with Crippen LogP contribution in [0.15, 0.2) is 0 Å². The predicted molar refractivity (Wildman–Crippen MR) is 80.3 cm³/mol. The van der Waals surface area contributed by atoms with Gasteiger partial charge in [-0.3, -0.25) is 9.59 Å². The largest absolute Gasteiger partial charge is 0.466 e. The van der Waals surface area contributed by atoms with Crippen LogP contribution in [0.5, 0.6) is 0 Å². The second-order valence-corrected chi connectivity index (χ2v) is 6.59. The van der Waals surface area contributed by atoms with E-state index in [2.05, 4.69) is 5.32 Å². The van der Waals surface area contributed by atoms with E-state index in [1.807, 2.05) is 0 Å². The zero-order valence-electron chi connectivity index (χ0n) is 13.1. The summed E-state index contributed by atoms with van der Waals surface area (Å²) in [5.74, 6) is 0.593. The van der Waals surface area contributed by atoms with Gasteiger partial charge in [-0.15, -0.1) is 0 Å². The van der Waals surface area contributed by atoms with E-state index in [-0.39, 0.29) is 29.8 Å². The number of carbonyl (C=O) groups is 2. The van der Waals surface area contributed by atoms with Crippen molar-refractivity contribution in [1.82, 2.24) is 5.32 Å². The average molecular weight is 296 g/mol. The number of hydrogen-bond donors (Lipinski definition) is 2. The highest BCUT2D eigenvalue weighted by Gasteiger charge is 2.40. The van der Waals surface area contributed by atoms with Gasteiger partial charge >= 0.3 is 5.97 Å². The summed E-state index contributed by atoms with van der Waals surface area (Å²) < 4.78 is 4.95. The van der Waals surface area contributed by atoms with Crippen LogP contribution in [-0.2, 0) is 14.3 Å². The third-order valence-corrected chi connectivity index (χ3v) is 5.06. The van der Waals surface area contributed by atoms with Crippen molar-refractivity contribution in [3.63, 3.8) is 0 Å². The van der Waals surface area contributed by atoms with Gasteiger partial charge in [0.1, 0.15) is 0 Å². The molecule has 2 aliphatic rings. The summed E-state index contributed by atoms with van der Waals surface area (Å²) in [6.45, 7) is 4.30. The molecule has 0 saturated heterocycles. The molecule has 2 bridgehead atoms. The Hall–Kier alpha value is -1.10. The molecular formula is C16H28N2O3. The Kier molecular flexibility index (Phi) is 5.62. The summed E-state index contributed by atoms with van der Waals surface area (Å²) in [5.41, 5.74) is 6.25. The molecule has 1 amide bonds. The van der Waals surface area contributed by atoms with Crippen molar-refractivity contribution in [3.8, 4) is 0 Å². The molecule has 0 radical (unpaired) electrons. The van der Waals surface area contributed by atoms with E-state index in [1.54, 1.807) is 13.8 Å². The summed E-state index contributed by atoms with van der Waals surface area (Å²) in [6.07, 6.45) is 5.35. The molecule has 3 N–H and O–H groups in total. The van der Waals surface area contributed by atoms with Gasteiger partial charge in [0.05, 0.1) is 12.5 Å². The topological polar surface area (TPSA) is 81.4 Å². The molecule has 2 aliphatic carbocycles. The van der Waals surface area contributed by atoms with Crippen LogP contribution in [0.3, 0.4) is 0 Å². The van der Waals surface area contributed by atoms with Crippen LogP contribution in [0.1, 0.15) is 46.0 Å². The monoisotopic (exact) mass is 296 g/mol. The summed E-state index contributed by atoms with van der Waals surface area (Å²) in [4.78, 5) is 23.9. The van der Waals surface area contributed by atoms with Crippen LogP contribution in [0.25, 0.3) is 0 Å². The Labute approximate surface area is 127 Å². The van der Waals surface area contributed by atoms with E-state index in [0.29, 0.717) is 25.0 Å². The van der Waals surface area contributed by atoms with E-state index in [4.69, 9.17) is 10.5 Å². The van der Waals surface area contributed by atoms with Crippen molar-refractivity contribution >= 4 is 11.9 Å². The summed E-state index contributed by atoms with van der Waals surface area (Å²) >= 11 is 0. The second kappa shape index (κ2) is 7.25. The van der Waals surface area contributed by atoms with Crippen LogP contribution < -0.4 is 11.1 Å². The van der Waals surface area contributed by atoms with E-state index in [9.17, 15) is 9.59 Å². The first-order chi connectivity index (χ1) is 10.0. The quantitative estimate of drug-likeness (QED) is 0.753. The lowest BCUT2D eigenvalue weighted by molar-refractivity contribution is -0.147. The first-order valence-corrected chi connectivity index (χ1v) is 8.22. The SMILES string of the molecule is CCOC(=O)C(C)CNC(=O)C1CC2CCCC(C1)C2N. The molecule has 0 aromatic carbocycles. The van der Waals surface area contributed by atoms with Crippen molar-refractivity contribution in [1.29, 1.82) is 0 Å². The normalized spacial score (nSPS) is 33.1. The Bertz CT molecular complexity index is 372. The fourth-order valence-corrected chi connectivity index (χ4v) is 3.77. The molecule has 2 rings (SSSR count). The third-order valence-electron chi connectivity index (χ3n) is 5.06. The average Bonchev–Trinajstić information content (AvgIpc) is 2.44. The first kappa shape index (κ1) is 16.3. The van der Waals surface area contributed by atoms with E-state index in [1.165, 1.54) is 6.42 Å². The Balaban J connectivity index is 1.80. The minimum absolute atomic E-state index is 0.0643. The summed E-state index contributed by atoms with van der Waals surface area (Å²) in [6, 6.07) is 0.279. The number of fused-ring (bicyclic) bond motifs is 2. The Morgan fingerprint density at radius 2 is 1.90 bits per heavy atom. The fourth-order valence-electron chi connectivity index (χ4n) is 3.77. The van der Waals surface area contributed by atoms with Gasteiger partial charge < -0.3 is 15.8 Å². The van der Waals surface area contributed by atoms with Gasteiger partial charge in [-0.25, -0.2) is 0 Å². The molecule has 5 heteroatoms. The van der Waals surface area contributed by atoms with Gasteiger partial charge in [-0.05, 0) is 44.4 Å². The van der Waals surface area contributed by atoms with E-state index >= 15 is 0 Å². The summed E-state index contributed by atoms with van der Waals surface area (Å²) in [5, 5.41) is 2.92. The number of carbonyl (C=O) groups excluding carboxylic acids is 2. The van der Waals surface area contributed by atoms with Gasteiger partial charge in [0.2, 0.25) is 5.91 Å². The number of hydrogen-bond acceptors (Lipinski definition) is 4. The summed E-state index contributed by atoms with van der Waals surface area (Å²) in [7, 11) is 0. The number of amides is 1. The lowest BCUT2D eigenvalue weighted by atomic mass is 9.65. The van der Waals surface area contributed by atoms with Crippen molar-refractivity contribution in [2.24, 2.45) is 29.4 Å². The maximum Gasteiger partial charge on any atom is 0.310 e. The van der Waals surface area contributed by atoms with Crippen LogP contribution >= 0.6 is 0 Å². The first-order valence-electron chi connectivity index (χ1n) is 8.22. The fraction of sp³-hybridized carbons (Fsp3) is 0.875. The number of nitrogens with one attached hydrogen (secondary N) is 1. The van der Waals surface area contributed by atoms with Gasteiger partial charge in [-0.1, -0.05) is 13.3 Å². The highest BCUT2D eigenvalue weighted by molar-refractivity contribution is 5.80. The van der Waals surface area contributed by atoms with Crippen LogP contribution in [-0.4, -0.2) is 31.1 Å². The number of nitrogens with two attached hydrogens (primary N) is 1. The Morgan fingerprint density at radius 3 is 2.48 bits per heavy atom. The molecule has 2 saturated carbocycles. The zero-order valence-corrected chi connectivity index (χ0v) is 13.1. The van der Waals surface area contributed by atoms with Crippen LogP contribution in [0, 0.1) is 23.7 Å². The number of esters is 1. The molecule has 2 fully saturated rings. The van der Waals surface area contributed by atoms with Crippen molar-refractivity contribution in [2.75, 3.05) is 13.2 Å². The van der Waals surface area contributed by atoms with Gasteiger partial charge in [0, 0.05) is 18.5 Å². The van der Waals surface area contributed by atoms with Crippen LogP contribution in [0.4, 0.5) is 0 Å². The molecular weight excluding hydrogens is 268 g/mol. The van der Waals surface area contributed by atoms with Crippen molar-refractivity contribution < 1.29 is 14.3 Å². The highest BCUT2D eigenvalue weighted by Crippen LogP contribution is 2.41. The number of rotatable bonds is 5. The minimum Gasteiger partial charge on any atom is -0.466 e. The molecule has 0 heterocycles. The van der Waals surface area contributed by atoms with Gasteiger partial charge in [-0.2, -0.15) is 0 Å². The maximum absolute atomic E-state index is 12.3. The van der Waals surface area contributed by atoms with E-state index in [0.717, 1.165) is 25.7 Å². The van der Waals surface area contributed by atoms with Gasteiger partial charge in [0.15, 0.2) is 0 Å². The predicted octanol–water partition coefficient (Wildman–Crippen LogP) is 1.46. The molecule has 0 aliphatic heterocycles. The standard InChI is InChI=1S/C16H28N2O3/c1-3-21-16(20)10(2)9-18-15(19)13-7-11-5-4-6-12(8-13)14(11)17/h10-14H,3-9,17H2,1-2H3,(H,18,19). The van der Waals surface area contributed by atoms with Crippen molar-refractivity contribution in [3.05, 3.63) is 0 Å². The molecule has 120 valence electrons. The van der Waals surface area contributed by atoms with Gasteiger partial charge in [0.25, 0.3) is 0 Å². The molecule has 3 unspecified atom stereocenters. The molecule has 3 atom stereocenters. The second-order valence-electron chi connectivity index (χ2n) is 6.59. The highest BCUT2D eigenvalue weighted by atomic mass is 16.5. The lowest BCUT2D eigenvalue weighted by Gasteiger charge is -2.43. The minimum atomic E-state index is -0.292. The van der Waals surface area contributed by atoms with Crippen molar-refractivity contribution in [2.45, 2.75) is 52.0 Å². The molecule has 0 aromatic heterocycles. The molecule has 0 spiro atoms. The maximum atomic E-state index is 12.3. The molecule has 21 heavy (non-hydrogen) atoms. The Morgan fingerprint density at radius 1 is 1.29 bits per heavy atom. The number of ether oxygens (including phenoxy) is 1. The third kappa shape index (κ3) is 3.96. The lowest BCUT2D eigenvalue weighted by Crippen LogP contribution is -2.49. The molecule has 0 aromatic rings.